The van der Waals surface area contributed by atoms with Gasteiger partial charge < -0.3 is 0 Å². The van der Waals surface area contributed by atoms with E-state index < -0.39 is 0 Å². The number of hydrogen-bond donors (Lipinski definition) is 0. The van der Waals surface area contributed by atoms with Gasteiger partial charge in [-0.15, -0.1) is 22.7 Å². The molecule has 5 aromatic carbocycles. The summed E-state index contributed by atoms with van der Waals surface area (Å²) in [6, 6.07) is 39.0. The number of nitrogens with zero attached hydrogens (tertiary/aromatic N) is 4. The first-order valence-electron chi connectivity index (χ1n) is 15.0. The zero-order valence-corrected chi connectivity index (χ0v) is 26.1. The molecule has 0 amide bonds. The normalized spacial score (nSPS) is 11.5. The fourth-order valence-electron chi connectivity index (χ4n) is 6.54. The average Bonchev–Trinajstić information content (AvgIpc) is 3.86. The second-order valence-corrected chi connectivity index (χ2v) is 12.6. The van der Waals surface area contributed by atoms with Crippen molar-refractivity contribution in [3.63, 3.8) is 0 Å². The van der Waals surface area contributed by atoms with Crippen LogP contribution in [-0.2, 0) is 0 Å². The second kappa shape index (κ2) is 11.1. The van der Waals surface area contributed by atoms with E-state index >= 15 is 0 Å². The Hall–Kier alpha value is -5.56. The van der Waals surface area contributed by atoms with Gasteiger partial charge in [0.2, 0.25) is 0 Å². The van der Waals surface area contributed by atoms with Crippen LogP contribution in [0.25, 0.3) is 88.5 Å². The van der Waals surface area contributed by atoms with E-state index in [1.54, 1.807) is 22.7 Å². The first-order valence-corrected chi connectivity index (χ1v) is 16.9. The largest absolute Gasteiger partial charge is 0.256 e. The Labute approximate surface area is 273 Å². The number of rotatable bonds is 5. The maximum Gasteiger partial charge on any atom is 0.0812 e. The molecule has 6 heteroatoms. The van der Waals surface area contributed by atoms with Crippen molar-refractivity contribution in [3.8, 4) is 56.2 Å². The minimum atomic E-state index is 0.914. The molecule has 0 unspecified atom stereocenters. The standard InChI is InChI=1S/C40H24N4S2/c1-2-8-29-25(6-1)7-5-11-30(29)26-12-13-33-34(18-26)40(36-20-28(15-17-42-36)38-22-46-24-44-38)32-10-4-3-9-31(32)39(33)35-19-27(14-16-41-35)37-21-45-23-43-37/h1-24H. The molecule has 0 aliphatic rings. The minimum absolute atomic E-state index is 0.914. The van der Waals surface area contributed by atoms with Crippen LogP contribution in [0.3, 0.4) is 0 Å². The molecule has 46 heavy (non-hydrogen) atoms. The fourth-order valence-corrected chi connectivity index (χ4v) is 7.66. The van der Waals surface area contributed by atoms with Gasteiger partial charge >= 0.3 is 0 Å². The van der Waals surface area contributed by atoms with Crippen LogP contribution in [0.5, 0.6) is 0 Å². The SMILES string of the molecule is c1ccc2c(-c3ccc4c(-c5cc(-c6cscn6)ccn5)c5ccccc5c(-c5cc(-c6cscn6)ccn5)c4c3)cccc2c1. The van der Waals surface area contributed by atoms with Gasteiger partial charge in [0, 0.05) is 45.4 Å². The highest BCUT2D eigenvalue weighted by Crippen LogP contribution is 2.45. The topological polar surface area (TPSA) is 51.6 Å². The summed E-state index contributed by atoms with van der Waals surface area (Å²) in [4.78, 5) is 19.1. The summed E-state index contributed by atoms with van der Waals surface area (Å²) < 4.78 is 0. The summed E-state index contributed by atoms with van der Waals surface area (Å²) in [6.07, 6.45) is 3.79. The highest BCUT2D eigenvalue weighted by atomic mass is 32.1. The number of thiazole rings is 2. The minimum Gasteiger partial charge on any atom is -0.256 e. The average molecular weight is 625 g/mol. The Balaban J connectivity index is 1.38. The van der Waals surface area contributed by atoms with Gasteiger partial charge in [-0.25, -0.2) is 9.97 Å². The monoisotopic (exact) mass is 624 g/mol. The van der Waals surface area contributed by atoms with E-state index in [9.17, 15) is 0 Å². The summed E-state index contributed by atoms with van der Waals surface area (Å²) in [7, 11) is 0. The van der Waals surface area contributed by atoms with Crippen molar-refractivity contribution in [2.24, 2.45) is 0 Å². The lowest BCUT2D eigenvalue weighted by molar-refractivity contribution is 1.31. The molecule has 0 aliphatic carbocycles. The van der Waals surface area contributed by atoms with Crippen LogP contribution in [0.15, 0.2) is 143 Å². The zero-order chi connectivity index (χ0) is 30.5. The van der Waals surface area contributed by atoms with Crippen LogP contribution in [0, 0.1) is 0 Å². The summed E-state index contributed by atoms with van der Waals surface area (Å²) >= 11 is 3.20. The molecule has 0 fully saturated rings. The van der Waals surface area contributed by atoms with E-state index in [1.165, 1.54) is 16.3 Å². The van der Waals surface area contributed by atoms with Crippen LogP contribution in [0.4, 0.5) is 0 Å². The molecule has 0 bridgehead atoms. The molecule has 0 radical (unpaired) electrons. The lowest BCUT2D eigenvalue weighted by atomic mass is 9.86. The van der Waals surface area contributed by atoms with E-state index in [2.05, 4.69) is 118 Å². The molecule has 9 aromatic rings. The number of aromatic nitrogens is 4. The highest BCUT2D eigenvalue weighted by molar-refractivity contribution is 7.08. The zero-order valence-electron chi connectivity index (χ0n) is 24.5. The van der Waals surface area contributed by atoms with Crippen LogP contribution < -0.4 is 0 Å². The fraction of sp³-hybridized carbons (Fsp3) is 0. The van der Waals surface area contributed by atoms with Gasteiger partial charge in [0.15, 0.2) is 0 Å². The maximum atomic E-state index is 4.98. The van der Waals surface area contributed by atoms with Crippen molar-refractivity contribution in [2.75, 3.05) is 0 Å². The molecule has 0 saturated heterocycles. The van der Waals surface area contributed by atoms with Gasteiger partial charge in [0.05, 0.1) is 33.8 Å². The highest BCUT2D eigenvalue weighted by Gasteiger charge is 2.20. The third-order valence-corrected chi connectivity index (χ3v) is 9.79. The first-order chi connectivity index (χ1) is 22.8. The van der Waals surface area contributed by atoms with Gasteiger partial charge in [0.25, 0.3) is 0 Å². The number of hydrogen-bond acceptors (Lipinski definition) is 6. The molecule has 0 aliphatic heterocycles. The Morgan fingerprint density at radius 2 is 0.957 bits per heavy atom. The van der Waals surface area contributed by atoms with Crippen LogP contribution >= 0.6 is 22.7 Å². The Bertz CT molecular complexity index is 2530. The molecule has 0 N–H and O–H groups in total. The van der Waals surface area contributed by atoms with E-state index in [0.717, 1.165) is 72.1 Å². The van der Waals surface area contributed by atoms with Crippen molar-refractivity contribution >= 4 is 55.0 Å². The van der Waals surface area contributed by atoms with Crippen LogP contribution in [0.1, 0.15) is 0 Å². The van der Waals surface area contributed by atoms with Gasteiger partial charge in [-0.05, 0) is 73.8 Å². The Kier molecular flexibility index (Phi) is 6.47. The summed E-state index contributed by atoms with van der Waals surface area (Å²) in [5.41, 5.74) is 14.2. The third kappa shape index (κ3) is 4.50. The van der Waals surface area contributed by atoms with Gasteiger partial charge in [-0.1, -0.05) is 78.9 Å². The van der Waals surface area contributed by atoms with Gasteiger partial charge in [0.1, 0.15) is 0 Å². The Morgan fingerprint density at radius 3 is 1.59 bits per heavy atom. The number of benzene rings is 5. The molecule has 4 aromatic heterocycles. The molecule has 0 atom stereocenters. The number of fused-ring (bicyclic) bond motifs is 3. The van der Waals surface area contributed by atoms with E-state index in [1.807, 2.05) is 35.5 Å². The quantitative estimate of drug-likeness (QED) is 0.179. The summed E-state index contributed by atoms with van der Waals surface area (Å²) in [6.45, 7) is 0. The smallest absolute Gasteiger partial charge is 0.0812 e. The van der Waals surface area contributed by atoms with Crippen LogP contribution in [-0.4, -0.2) is 19.9 Å². The summed E-state index contributed by atoms with van der Waals surface area (Å²) in [5.74, 6) is 0. The molecule has 0 saturated carbocycles. The van der Waals surface area contributed by atoms with Crippen molar-refractivity contribution < 1.29 is 0 Å². The lowest BCUT2D eigenvalue weighted by Gasteiger charge is -2.18. The first kappa shape index (κ1) is 26.8. The lowest BCUT2D eigenvalue weighted by Crippen LogP contribution is -1.95. The molecule has 4 heterocycles. The van der Waals surface area contributed by atoms with Crippen molar-refractivity contribution in [2.45, 2.75) is 0 Å². The predicted octanol–water partition coefficient (Wildman–Crippen LogP) is 11.2. The molecule has 216 valence electrons. The summed E-state index contributed by atoms with van der Waals surface area (Å²) in [5, 5.41) is 11.1. The van der Waals surface area contributed by atoms with Crippen molar-refractivity contribution in [1.82, 2.24) is 19.9 Å². The van der Waals surface area contributed by atoms with Crippen molar-refractivity contribution in [1.29, 1.82) is 0 Å². The molecular weight excluding hydrogens is 601 g/mol. The van der Waals surface area contributed by atoms with E-state index in [4.69, 9.17) is 9.97 Å². The molecule has 4 nitrogen and oxygen atoms in total. The van der Waals surface area contributed by atoms with Gasteiger partial charge in [-0.3, -0.25) is 9.97 Å². The third-order valence-electron chi connectivity index (χ3n) is 8.61. The number of pyridine rings is 2. The van der Waals surface area contributed by atoms with Crippen molar-refractivity contribution in [3.05, 3.63) is 143 Å². The predicted molar refractivity (Wildman–Crippen MR) is 193 cm³/mol. The molecule has 0 spiro atoms. The van der Waals surface area contributed by atoms with Gasteiger partial charge in [-0.2, -0.15) is 0 Å². The van der Waals surface area contributed by atoms with E-state index in [-0.39, 0.29) is 0 Å². The second-order valence-electron chi connectivity index (χ2n) is 11.2. The Morgan fingerprint density at radius 1 is 0.391 bits per heavy atom. The van der Waals surface area contributed by atoms with E-state index in [0.29, 0.717) is 0 Å². The van der Waals surface area contributed by atoms with Crippen LogP contribution in [0.2, 0.25) is 0 Å². The molecule has 9 rings (SSSR count). The molecular formula is C40H24N4S2. The maximum absolute atomic E-state index is 4.98.